The highest BCUT2D eigenvalue weighted by atomic mass is 16.7. The van der Waals surface area contributed by atoms with Crippen LogP contribution in [0, 0.1) is 11.3 Å². The van der Waals surface area contributed by atoms with Gasteiger partial charge in [0.15, 0.2) is 5.78 Å². The molecular formula is C15H16O5. The van der Waals surface area contributed by atoms with E-state index in [1.54, 1.807) is 37.3 Å². The lowest BCUT2D eigenvalue weighted by Crippen LogP contribution is -2.39. The molecule has 0 amide bonds. The Balaban J connectivity index is 2.32. The summed E-state index contributed by atoms with van der Waals surface area (Å²) in [5.74, 6) is -2.09. The van der Waals surface area contributed by atoms with E-state index in [1.807, 2.05) is 0 Å². The Bertz CT molecular complexity index is 551. The molecule has 106 valence electrons. The zero-order chi connectivity index (χ0) is 14.9. The van der Waals surface area contributed by atoms with Crippen LogP contribution in [0.3, 0.4) is 0 Å². The van der Waals surface area contributed by atoms with Gasteiger partial charge in [-0.25, -0.2) is 0 Å². The summed E-state index contributed by atoms with van der Waals surface area (Å²) in [6.45, 7) is 4.42. The lowest BCUT2D eigenvalue weighted by Gasteiger charge is -2.23. The number of hydrogen-bond donors (Lipinski definition) is 0. The number of benzene rings is 1. The minimum Gasteiger partial charge on any atom is -0.425 e. The molecule has 0 bridgehead atoms. The largest absolute Gasteiger partial charge is 0.425 e. The first-order valence-corrected chi connectivity index (χ1v) is 6.35. The predicted molar refractivity (Wildman–Crippen MR) is 69.7 cm³/mol. The second-order valence-electron chi connectivity index (χ2n) is 5.07. The minimum atomic E-state index is -1.35. The Morgan fingerprint density at radius 2 is 1.85 bits per heavy atom. The second-order valence-corrected chi connectivity index (χ2v) is 5.07. The standard InChI is InChI=1S/C15H16O5/c1-9-13(19-10(2)16)20-14(18)15(9,3)12(17)11-7-5-4-6-8-11/h4-9,13H,1-3H3/t9-,13-,15-/m1/s1. The highest BCUT2D eigenvalue weighted by molar-refractivity contribution is 6.13. The molecule has 0 saturated carbocycles. The molecule has 0 unspecified atom stereocenters. The number of carbonyl (C=O) groups excluding carboxylic acids is 3. The monoisotopic (exact) mass is 276 g/mol. The van der Waals surface area contributed by atoms with Crippen molar-refractivity contribution in [2.75, 3.05) is 0 Å². The number of ether oxygens (including phenoxy) is 2. The second kappa shape index (κ2) is 5.07. The van der Waals surface area contributed by atoms with Gasteiger partial charge in [-0.2, -0.15) is 0 Å². The zero-order valence-corrected chi connectivity index (χ0v) is 11.6. The Labute approximate surface area is 116 Å². The van der Waals surface area contributed by atoms with Crippen molar-refractivity contribution >= 4 is 17.7 Å². The maximum Gasteiger partial charge on any atom is 0.323 e. The number of carbonyl (C=O) groups is 3. The van der Waals surface area contributed by atoms with Crippen LogP contribution in [-0.2, 0) is 19.1 Å². The van der Waals surface area contributed by atoms with Crippen molar-refractivity contribution in [1.82, 2.24) is 0 Å². The molecule has 2 rings (SSSR count). The summed E-state index contributed by atoms with van der Waals surface area (Å²) in [6, 6.07) is 8.53. The van der Waals surface area contributed by atoms with E-state index < -0.39 is 29.6 Å². The van der Waals surface area contributed by atoms with Gasteiger partial charge in [0.1, 0.15) is 5.41 Å². The van der Waals surface area contributed by atoms with E-state index >= 15 is 0 Å². The molecular weight excluding hydrogens is 260 g/mol. The summed E-state index contributed by atoms with van der Waals surface area (Å²) in [5.41, 5.74) is -0.913. The molecule has 5 heteroatoms. The first-order valence-electron chi connectivity index (χ1n) is 6.35. The van der Waals surface area contributed by atoms with Crippen LogP contribution in [0.2, 0.25) is 0 Å². The van der Waals surface area contributed by atoms with E-state index in [2.05, 4.69) is 0 Å². The van der Waals surface area contributed by atoms with Crippen LogP contribution >= 0.6 is 0 Å². The highest BCUT2D eigenvalue weighted by Crippen LogP contribution is 2.42. The normalized spacial score (nSPS) is 28.9. The van der Waals surface area contributed by atoms with Crippen LogP contribution < -0.4 is 0 Å². The fourth-order valence-electron chi connectivity index (χ4n) is 2.27. The molecule has 3 atom stereocenters. The molecule has 20 heavy (non-hydrogen) atoms. The third-order valence-electron chi connectivity index (χ3n) is 3.76. The van der Waals surface area contributed by atoms with Crippen molar-refractivity contribution in [3.8, 4) is 0 Å². The van der Waals surface area contributed by atoms with Crippen LogP contribution in [-0.4, -0.2) is 24.0 Å². The average molecular weight is 276 g/mol. The number of hydrogen-bond acceptors (Lipinski definition) is 5. The number of ketones is 1. The van der Waals surface area contributed by atoms with E-state index in [9.17, 15) is 14.4 Å². The molecule has 1 aromatic rings. The first kappa shape index (κ1) is 14.2. The number of rotatable bonds is 3. The minimum absolute atomic E-state index is 0.328. The Morgan fingerprint density at radius 1 is 1.25 bits per heavy atom. The molecule has 1 aliphatic rings. The molecule has 0 aromatic heterocycles. The third-order valence-corrected chi connectivity index (χ3v) is 3.76. The molecule has 0 radical (unpaired) electrons. The van der Waals surface area contributed by atoms with Gasteiger partial charge >= 0.3 is 11.9 Å². The van der Waals surface area contributed by atoms with Gasteiger partial charge in [-0.15, -0.1) is 0 Å². The maximum atomic E-state index is 12.6. The molecule has 1 aliphatic heterocycles. The van der Waals surface area contributed by atoms with E-state index in [4.69, 9.17) is 9.47 Å². The van der Waals surface area contributed by atoms with Gasteiger partial charge in [0.25, 0.3) is 6.29 Å². The maximum absolute atomic E-state index is 12.6. The number of esters is 2. The fraction of sp³-hybridized carbons (Fsp3) is 0.400. The highest BCUT2D eigenvalue weighted by Gasteiger charge is 2.58. The van der Waals surface area contributed by atoms with Gasteiger partial charge in [0.2, 0.25) is 0 Å². The fourth-order valence-corrected chi connectivity index (χ4v) is 2.27. The predicted octanol–water partition coefficient (Wildman–Crippen LogP) is 1.96. The Hall–Kier alpha value is -2.17. The summed E-state index contributed by atoms with van der Waals surface area (Å²) in [5, 5.41) is 0. The molecule has 1 aromatic carbocycles. The molecule has 0 aliphatic carbocycles. The lowest BCUT2D eigenvalue weighted by molar-refractivity contribution is -0.179. The topological polar surface area (TPSA) is 69.7 Å². The van der Waals surface area contributed by atoms with Crippen LogP contribution in [0.5, 0.6) is 0 Å². The van der Waals surface area contributed by atoms with Gasteiger partial charge in [-0.05, 0) is 6.92 Å². The molecule has 5 nitrogen and oxygen atoms in total. The number of Topliss-reactive ketones (excluding diaryl/α,β-unsaturated/α-hetero) is 1. The Morgan fingerprint density at radius 3 is 2.40 bits per heavy atom. The van der Waals surface area contributed by atoms with Crippen molar-refractivity contribution in [2.45, 2.75) is 27.1 Å². The zero-order valence-electron chi connectivity index (χ0n) is 11.6. The molecule has 0 spiro atoms. The van der Waals surface area contributed by atoms with E-state index in [0.29, 0.717) is 5.56 Å². The molecule has 0 N–H and O–H groups in total. The molecule has 1 heterocycles. The smallest absolute Gasteiger partial charge is 0.323 e. The van der Waals surface area contributed by atoms with Gasteiger partial charge < -0.3 is 9.47 Å². The molecule has 1 saturated heterocycles. The quantitative estimate of drug-likeness (QED) is 0.479. The summed E-state index contributed by atoms with van der Waals surface area (Å²) in [7, 11) is 0. The van der Waals surface area contributed by atoms with Crippen LogP contribution in [0.1, 0.15) is 31.1 Å². The van der Waals surface area contributed by atoms with E-state index in [1.165, 1.54) is 13.8 Å². The van der Waals surface area contributed by atoms with Crippen molar-refractivity contribution in [1.29, 1.82) is 0 Å². The Kier molecular flexibility index (Phi) is 3.61. The first-order chi connectivity index (χ1) is 9.37. The van der Waals surface area contributed by atoms with E-state index in [-0.39, 0.29) is 5.78 Å². The summed E-state index contributed by atoms with van der Waals surface area (Å²) in [4.78, 5) is 35.7. The van der Waals surface area contributed by atoms with E-state index in [0.717, 1.165) is 0 Å². The molecule has 1 fully saturated rings. The number of cyclic esters (lactones) is 1. The SMILES string of the molecule is CC(=O)O[C@@H]1OC(=O)[C@@](C)(C(=O)c2ccccc2)[C@@H]1C. The van der Waals surface area contributed by atoms with Gasteiger partial charge in [0.05, 0.1) is 5.92 Å². The van der Waals surface area contributed by atoms with Gasteiger partial charge in [-0.3, -0.25) is 14.4 Å². The average Bonchev–Trinajstić information content (AvgIpc) is 2.63. The van der Waals surface area contributed by atoms with Crippen LogP contribution in [0.25, 0.3) is 0 Å². The van der Waals surface area contributed by atoms with Crippen molar-refractivity contribution < 1.29 is 23.9 Å². The third kappa shape index (κ3) is 2.19. The summed E-state index contributed by atoms with van der Waals surface area (Å²) >= 11 is 0. The summed E-state index contributed by atoms with van der Waals surface area (Å²) < 4.78 is 9.98. The lowest BCUT2D eigenvalue weighted by atomic mass is 9.74. The van der Waals surface area contributed by atoms with Crippen LogP contribution in [0.15, 0.2) is 30.3 Å². The van der Waals surface area contributed by atoms with Gasteiger partial charge in [0, 0.05) is 12.5 Å². The van der Waals surface area contributed by atoms with Crippen LogP contribution in [0.4, 0.5) is 0 Å². The van der Waals surface area contributed by atoms with Crippen molar-refractivity contribution in [2.24, 2.45) is 11.3 Å². The van der Waals surface area contributed by atoms with Gasteiger partial charge in [-0.1, -0.05) is 37.3 Å². The summed E-state index contributed by atoms with van der Waals surface area (Å²) in [6.07, 6.45) is -1.02. The van der Waals surface area contributed by atoms with Crippen molar-refractivity contribution in [3.63, 3.8) is 0 Å². The van der Waals surface area contributed by atoms with Crippen molar-refractivity contribution in [3.05, 3.63) is 35.9 Å².